The topological polar surface area (TPSA) is 40.5 Å². The normalized spacial score (nSPS) is 10.6. The maximum absolute atomic E-state index is 9.61. The summed E-state index contributed by atoms with van der Waals surface area (Å²) in [5.41, 5.74) is 6.98. The highest BCUT2D eigenvalue weighted by Gasteiger charge is 2.14. The van der Waals surface area contributed by atoms with Crippen LogP contribution in [0, 0.1) is 13.8 Å². The van der Waals surface area contributed by atoms with Gasteiger partial charge in [0.25, 0.3) is 0 Å². The zero-order valence-corrected chi connectivity index (χ0v) is 13.3. The Bertz CT molecular complexity index is 742. The molecule has 0 aromatic heterocycles. The van der Waals surface area contributed by atoms with E-state index in [0.29, 0.717) is 5.46 Å². The molecule has 0 aliphatic carbocycles. The van der Waals surface area contributed by atoms with Gasteiger partial charge in [0.2, 0.25) is 0 Å². The third-order valence-corrected chi connectivity index (χ3v) is 4.02. The second-order valence-corrected chi connectivity index (χ2v) is 5.95. The Balaban J connectivity index is 2.13. The lowest BCUT2D eigenvalue weighted by Gasteiger charge is -2.11. The molecule has 3 heteroatoms. The third kappa shape index (κ3) is 3.53. The van der Waals surface area contributed by atoms with Gasteiger partial charge in [0.15, 0.2) is 0 Å². The minimum Gasteiger partial charge on any atom is -0.423 e. The van der Waals surface area contributed by atoms with E-state index < -0.39 is 7.12 Å². The van der Waals surface area contributed by atoms with E-state index in [0.717, 1.165) is 22.3 Å². The predicted octanol–water partition coefficient (Wildman–Crippen LogP) is 3.32. The van der Waals surface area contributed by atoms with Gasteiger partial charge in [-0.2, -0.15) is 0 Å². The molecule has 0 amide bonds. The molecule has 0 spiro atoms. The Kier molecular flexibility index (Phi) is 4.33. The lowest BCUT2D eigenvalue weighted by molar-refractivity contribution is 0.426. The maximum Gasteiger partial charge on any atom is 0.488 e. The Morgan fingerprint density at radius 3 is 1.30 bits per heavy atom. The van der Waals surface area contributed by atoms with Gasteiger partial charge in [-0.25, -0.2) is 0 Å². The second-order valence-electron chi connectivity index (χ2n) is 5.95. The van der Waals surface area contributed by atoms with Crippen molar-refractivity contribution in [2.45, 2.75) is 13.8 Å². The van der Waals surface area contributed by atoms with Gasteiger partial charge in [0.1, 0.15) is 0 Å². The fraction of sp³-hybridized carbons (Fsp3) is 0.100. The Morgan fingerprint density at radius 2 is 0.957 bits per heavy atom. The van der Waals surface area contributed by atoms with Gasteiger partial charge in [-0.1, -0.05) is 71.8 Å². The average molecular weight is 302 g/mol. The fourth-order valence-electron chi connectivity index (χ4n) is 2.63. The quantitative estimate of drug-likeness (QED) is 0.729. The second kappa shape index (κ2) is 6.41. The molecule has 3 aromatic rings. The van der Waals surface area contributed by atoms with Crippen LogP contribution in [0.5, 0.6) is 0 Å². The molecule has 3 aromatic carbocycles. The standard InChI is InChI=1S/C20H19BO2/c1-14-3-7-16(8-4-14)18-11-19(13-20(12-18)21(22)23)17-9-5-15(2)6-10-17/h3-13,22-23H,1-2H3. The van der Waals surface area contributed by atoms with Crippen LogP contribution in [0.2, 0.25) is 0 Å². The summed E-state index contributed by atoms with van der Waals surface area (Å²) in [4.78, 5) is 0. The Hall–Kier alpha value is -2.36. The Labute approximate surface area is 137 Å². The van der Waals surface area contributed by atoms with Crippen LogP contribution >= 0.6 is 0 Å². The predicted molar refractivity (Wildman–Crippen MR) is 96.6 cm³/mol. The van der Waals surface area contributed by atoms with Gasteiger partial charge >= 0.3 is 7.12 Å². The van der Waals surface area contributed by atoms with E-state index >= 15 is 0 Å². The highest BCUT2D eigenvalue weighted by atomic mass is 16.4. The number of hydrogen-bond acceptors (Lipinski definition) is 2. The van der Waals surface area contributed by atoms with Gasteiger partial charge in [-0.15, -0.1) is 0 Å². The summed E-state index contributed by atoms with van der Waals surface area (Å²) in [6, 6.07) is 22.2. The van der Waals surface area contributed by atoms with E-state index in [4.69, 9.17) is 0 Å². The first-order valence-electron chi connectivity index (χ1n) is 7.68. The summed E-state index contributed by atoms with van der Waals surface area (Å²) >= 11 is 0. The molecule has 3 rings (SSSR count). The third-order valence-electron chi connectivity index (χ3n) is 4.02. The molecular weight excluding hydrogens is 283 g/mol. The van der Waals surface area contributed by atoms with E-state index in [2.05, 4.69) is 68.4 Å². The fourth-order valence-corrected chi connectivity index (χ4v) is 2.63. The largest absolute Gasteiger partial charge is 0.488 e. The number of rotatable bonds is 3. The van der Waals surface area contributed by atoms with Crippen molar-refractivity contribution in [3.8, 4) is 22.3 Å². The van der Waals surface area contributed by atoms with Crippen molar-refractivity contribution in [3.63, 3.8) is 0 Å². The highest BCUT2D eigenvalue weighted by Crippen LogP contribution is 2.26. The van der Waals surface area contributed by atoms with Crippen LogP contribution in [0.15, 0.2) is 66.7 Å². The average Bonchev–Trinajstić information content (AvgIpc) is 2.55. The monoisotopic (exact) mass is 302 g/mol. The van der Waals surface area contributed by atoms with Crippen LogP contribution in [-0.2, 0) is 0 Å². The smallest absolute Gasteiger partial charge is 0.423 e. The summed E-state index contributed by atoms with van der Waals surface area (Å²) in [6.45, 7) is 4.10. The molecule has 0 aliphatic heterocycles. The molecule has 0 radical (unpaired) electrons. The molecule has 0 saturated carbocycles. The minimum atomic E-state index is -1.48. The van der Waals surface area contributed by atoms with Crippen molar-refractivity contribution in [2.75, 3.05) is 0 Å². The minimum absolute atomic E-state index is 0.499. The molecule has 23 heavy (non-hydrogen) atoms. The van der Waals surface area contributed by atoms with E-state index in [9.17, 15) is 10.0 Å². The lowest BCUT2D eigenvalue weighted by Crippen LogP contribution is -2.29. The zero-order valence-electron chi connectivity index (χ0n) is 13.3. The first-order valence-corrected chi connectivity index (χ1v) is 7.68. The van der Waals surface area contributed by atoms with Crippen LogP contribution in [0.1, 0.15) is 11.1 Å². The lowest BCUT2D eigenvalue weighted by atomic mass is 9.77. The molecular formula is C20H19BO2. The van der Waals surface area contributed by atoms with E-state index in [-0.39, 0.29) is 0 Å². The van der Waals surface area contributed by atoms with Crippen molar-refractivity contribution >= 4 is 12.6 Å². The van der Waals surface area contributed by atoms with Crippen LogP contribution < -0.4 is 5.46 Å². The van der Waals surface area contributed by atoms with Crippen molar-refractivity contribution in [1.29, 1.82) is 0 Å². The van der Waals surface area contributed by atoms with E-state index in [1.807, 2.05) is 12.1 Å². The summed E-state index contributed by atoms with van der Waals surface area (Å²) in [5, 5.41) is 19.2. The van der Waals surface area contributed by atoms with E-state index in [1.165, 1.54) is 11.1 Å². The highest BCUT2D eigenvalue weighted by molar-refractivity contribution is 6.58. The van der Waals surface area contributed by atoms with Crippen LogP contribution in [0.4, 0.5) is 0 Å². The molecule has 2 nitrogen and oxygen atoms in total. The number of hydrogen-bond donors (Lipinski definition) is 2. The summed E-state index contributed by atoms with van der Waals surface area (Å²) in [7, 11) is -1.48. The number of aryl methyl sites for hydroxylation is 2. The molecule has 0 fully saturated rings. The molecule has 0 atom stereocenters. The molecule has 114 valence electrons. The first kappa shape index (κ1) is 15.5. The van der Waals surface area contributed by atoms with Gasteiger partial charge in [-0.3, -0.25) is 0 Å². The van der Waals surface area contributed by atoms with Crippen LogP contribution in [0.25, 0.3) is 22.3 Å². The first-order chi connectivity index (χ1) is 11.0. The molecule has 0 heterocycles. The van der Waals surface area contributed by atoms with Crippen molar-refractivity contribution in [2.24, 2.45) is 0 Å². The molecule has 0 unspecified atom stereocenters. The molecule has 0 bridgehead atoms. The molecule has 0 aliphatic rings. The molecule has 2 N–H and O–H groups in total. The van der Waals surface area contributed by atoms with Crippen molar-refractivity contribution < 1.29 is 10.0 Å². The Morgan fingerprint density at radius 1 is 0.565 bits per heavy atom. The summed E-state index contributed by atoms with van der Waals surface area (Å²) in [5.74, 6) is 0. The van der Waals surface area contributed by atoms with Crippen LogP contribution in [0.3, 0.4) is 0 Å². The number of benzene rings is 3. The van der Waals surface area contributed by atoms with Gasteiger partial charge < -0.3 is 10.0 Å². The molecule has 0 saturated heterocycles. The van der Waals surface area contributed by atoms with Crippen molar-refractivity contribution in [1.82, 2.24) is 0 Å². The SMILES string of the molecule is Cc1ccc(-c2cc(B(O)O)cc(-c3ccc(C)cc3)c2)cc1. The van der Waals surface area contributed by atoms with Gasteiger partial charge in [-0.05, 0) is 47.6 Å². The zero-order chi connectivity index (χ0) is 16.4. The van der Waals surface area contributed by atoms with Crippen molar-refractivity contribution in [3.05, 3.63) is 77.9 Å². The van der Waals surface area contributed by atoms with Crippen LogP contribution in [-0.4, -0.2) is 17.2 Å². The summed E-state index contributed by atoms with van der Waals surface area (Å²) < 4.78 is 0. The summed E-state index contributed by atoms with van der Waals surface area (Å²) in [6.07, 6.45) is 0. The van der Waals surface area contributed by atoms with Gasteiger partial charge in [0.05, 0.1) is 0 Å². The van der Waals surface area contributed by atoms with Gasteiger partial charge in [0, 0.05) is 0 Å². The van der Waals surface area contributed by atoms with E-state index in [1.54, 1.807) is 0 Å². The maximum atomic E-state index is 9.61.